The fraction of sp³-hybridized carbons (Fsp3) is 0.556. The maximum Gasteiger partial charge on any atom is 0.329 e. The van der Waals surface area contributed by atoms with Crippen molar-refractivity contribution >= 4 is 11.9 Å². The number of nitrogens with one attached hydrogen (secondary N) is 1. The molecule has 0 spiro atoms. The summed E-state index contributed by atoms with van der Waals surface area (Å²) in [5.74, 6) is -0.802. The maximum absolute atomic E-state index is 12.4. The average molecular weight is 320 g/mol. The van der Waals surface area contributed by atoms with Gasteiger partial charge in [0.25, 0.3) is 0 Å². The number of nitrogens with two attached hydrogens (primary N) is 1. The van der Waals surface area contributed by atoms with Crippen LogP contribution in [0.3, 0.4) is 0 Å². The van der Waals surface area contributed by atoms with E-state index in [2.05, 4.69) is 5.32 Å². The zero-order valence-corrected chi connectivity index (χ0v) is 14.6. The number of hydrogen-bond donors (Lipinski definition) is 2. The molecule has 0 heterocycles. The molecule has 2 atom stereocenters. The monoisotopic (exact) mass is 320 g/mol. The summed E-state index contributed by atoms with van der Waals surface area (Å²) in [6.07, 6.45) is 0.367. The summed E-state index contributed by atoms with van der Waals surface area (Å²) >= 11 is 0. The van der Waals surface area contributed by atoms with Crippen LogP contribution in [0, 0.1) is 5.92 Å². The highest BCUT2D eigenvalue weighted by Crippen LogP contribution is 2.12. The molecule has 0 saturated heterocycles. The van der Waals surface area contributed by atoms with Gasteiger partial charge >= 0.3 is 5.97 Å². The van der Waals surface area contributed by atoms with Gasteiger partial charge in [0.15, 0.2) is 0 Å². The lowest BCUT2D eigenvalue weighted by Gasteiger charge is -2.26. The molecule has 5 heteroatoms. The van der Waals surface area contributed by atoms with Crippen molar-refractivity contribution in [3.05, 3.63) is 35.9 Å². The van der Waals surface area contributed by atoms with E-state index in [1.54, 1.807) is 20.8 Å². The Bertz CT molecular complexity index is 521. The Morgan fingerprint density at radius 2 is 1.74 bits per heavy atom. The van der Waals surface area contributed by atoms with Crippen LogP contribution in [0.2, 0.25) is 0 Å². The van der Waals surface area contributed by atoms with Gasteiger partial charge in [-0.05, 0) is 32.3 Å². The summed E-state index contributed by atoms with van der Waals surface area (Å²) < 4.78 is 5.42. The van der Waals surface area contributed by atoms with Crippen LogP contribution in [-0.4, -0.2) is 29.6 Å². The highest BCUT2D eigenvalue weighted by Gasteiger charge is 2.29. The molecule has 1 amide bonds. The molecule has 0 bridgehead atoms. The SMILES string of the molecule is CC(C)[C@H](N)C(=O)N[C@@H](Cc1ccccc1)C(=O)OC(C)(C)C. The van der Waals surface area contributed by atoms with Crippen LogP contribution in [0.1, 0.15) is 40.2 Å². The van der Waals surface area contributed by atoms with Gasteiger partial charge in [-0.3, -0.25) is 4.79 Å². The molecule has 0 aliphatic rings. The van der Waals surface area contributed by atoms with E-state index in [0.29, 0.717) is 6.42 Å². The number of rotatable bonds is 6. The Balaban J connectivity index is 2.88. The van der Waals surface area contributed by atoms with E-state index in [-0.39, 0.29) is 11.8 Å². The Morgan fingerprint density at radius 3 is 2.22 bits per heavy atom. The van der Waals surface area contributed by atoms with Gasteiger partial charge in [-0.15, -0.1) is 0 Å². The molecule has 1 aromatic carbocycles. The number of amides is 1. The van der Waals surface area contributed by atoms with E-state index in [0.717, 1.165) is 5.56 Å². The third-order valence-electron chi connectivity index (χ3n) is 3.31. The summed E-state index contributed by atoms with van der Waals surface area (Å²) in [5, 5.41) is 2.73. The fourth-order valence-electron chi connectivity index (χ4n) is 1.99. The van der Waals surface area contributed by atoms with Gasteiger partial charge < -0.3 is 15.8 Å². The van der Waals surface area contributed by atoms with Crippen LogP contribution < -0.4 is 11.1 Å². The normalized spacial score (nSPS) is 14.2. The topological polar surface area (TPSA) is 81.4 Å². The van der Waals surface area contributed by atoms with E-state index < -0.39 is 23.7 Å². The number of ether oxygens (including phenoxy) is 1. The predicted octanol–water partition coefficient (Wildman–Crippen LogP) is 2.04. The van der Waals surface area contributed by atoms with Crippen molar-refractivity contribution in [2.45, 2.75) is 58.7 Å². The molecule has 0 unspecified atom stereocenters. The zero-order valence-electron chi connectivity index (χ0n) is 14.6. The third-order valence-corrected chi connectivity index (χ3v) is 3.31. The molecule has 0 aliphatic heterocycles. The second kappa shape index (κ2) is 8.11. The van der Waals surface area contributed by atoms with Crippen molar-refractivity contribution in [2.24, 2.45) is 11.7 Å². The van der Waals surface area contributed by atoms with Gasteiger partial charge in [0, 0.05) is 6.42 Å². The summed E-state index contributed by atoms with van der Waals surface area (Å²) in [4.78, 5) is 24.6. The van der Waals surface area contributed by atoms with Crippen molar-refractivity contribution < 1.29 is 14.3 Å². The number of hydrogen-bond acceptors (Lipinski definition) is 4. The van der Waals surface area contributed by atoms with E-state index in [1.165, 1.54) is 0 Å². The van der Waals surface area contributed by atoms with E-state index in [9.17, 15) is 9.59 Å². The van der Waals surface area contributed by atoms with Gasteiger partial charge in [0.1, 0.15) is 11.6 Å². The van der Waals surface area contributed by atoms with Gasteiger partial charge in [-0.1, -0.05) is 44.2 Å². The molecule has 0 radical (unpaired) electrons. The zero-order chi connectivity index (χ0) is 17.6. The highest BCUT2D eigenvalue weighted by atomic mass is 16.6. The molecule has 128 valence electrons. The largest absolute Gasteiger partial charge is 0.458 e. The van der Waals surface area contributed by atoms with Crippen LogP contribution in [0.15, 0.2) is 30.3 Å². The standard InChI is InChI=1S/C18H28N2O3/c1-12(2)15(19)16(21)20-14(17(22)23-18(3,4)5)11-13-9-7-6-8-10-13/h6-10,12,14-15H,11,19H2,1-5H3,(H,20,21)/t14-,15-/m0/s1. The second-order valence-electron chi connectivity index (χ2n) is 7.05. The van der Waals surface area contributed by atoms with Gasteiger partial charge in [-0.2, -0.15) is 0 Å². The summed E-state index contributed by atoms with van der Waals surface area (Å²) in [6.45, 7) is 9.12. The fourth-order valence-corrected chi connectivity index (χ4v) is 1.99. The molecule has 0 aliphatic carbocycles. The maximum atomic E-state index is 12.4. The summed E-state index contributed by atoms with van der Waals surface area (Å²) in [6, 6.07) is 8.09. The quantitative estimate of drug-likeness (QED) is 0.786. The number of carbonyl (C=O) groups excluding carboxylic acids is 2. The molecule has 0 fully saturated rings. The van der Waals surface area contributed by atoms with Crippen LogP contribution in [0.5, 0.6) is 0 Å². The van der Waals surface area contributed by atoms with Gasteiger partial charge in [0.2, 0.25) is 5.91 Å². The lowest BCUT2D eigenvalue weighted by atomic mass is 10.0. The first kappa shape index (κ1) is 19.2. The summed E-state index contributed by atoms with van der Waals surface area (Å²) in [7, 11) is 0. The van der Waals surface area contributed by atoms with Crippen molar-refractivity contribution in [1.82, 2.24) is 5.32 Å². The molecule has 0 saturated carbocycles. The Morgan fingerprint density at radius 1 is 1.17 bits per heavy atom. The lowest BCUT2D eigenvalue weighted by molar-refractivity contribution is -0.158. The van der Waals surface area contributed by atoms with Crippen LogP contribution in [0.25, 0.3) is 0 Å². The third kappa shape index (κ3) is 6.82. The Hall–Kier alpha value is -1.88. The molecular formula is C18H28N2O3. The predicted molar refractivity (Wildman–Crippen MR) is 90.7 cm³/mol. The molecule has 0 aromatic heterocycles. The van der Waals surface area contributed by atoms with Crippen LogP contribution in [-0.2, 0) is 20.7 Å². The first-order valence-corrected chi connectivity index (χ1v) is 7.93. The minimum Gasteiger partial charge on any atom is -0.458 e. The van der Waals surface area contributed by atoms with Crippen molar-refractivity contribution in [2.75, 3.05) is 0 Å². The molecule has 1 aromatic rings. The second-order valence-corrected chi connectivity index (χ2v) is 7.05. The lowest BCUT2D eigenvalue weighted by Crippen LogP contribution is -2.52. The number of benzene rings is 1. The molecule has 23 heavy (non-hydrogen) atoms. The van der Waals surface area contributed by atoms with Gasteiger partial charge in [-0.25, -0.2) is 4.79 Å². The number of carbonyl (C=O) groups is 2. The molecular weight excluding hydrogens is 292 g/mol. The van der Waals surface area contributed by atoms with Crippen LogP contribution >= 0.6 is 0 Å². The highest BCUT2D eigenvalue weighted by molar-refractivity contribution is 5.87. The van der Waals surface area contributed by atoms with E-state index in [1.807, 2.05) is 44.2 Å². The van der Waals surface area contributed by atoms with Gasteiger partial charge in [0.05, 0.1) is 6.04 Å². The Labute approximate surface area is 138 Å². The molecule has 3 N–H and O–H groups in total. The van der Waals surface area contributed by atoms with Crippen molar-refractivity contribution in [3.8, 4) is 0 Å². The molecule has 5 nitrogen and oxygen atoms in total. The Kier molecular flexibility index (Phi) is 6.76. The van der Waals surface area contributed by atoms with Crippen LogP contribution in [0.4, 0.5) is 0 Å². The van der Waals surface area contributed by atoms with Crippen molar-refractivity contribution in [1.29, 1.82) is 0 Å². The minimum absolute atomic E-state index is 0.00832. The average Bonchev–Trinajstić information content (AvgIpc) is 2.44. The summed E-state index contributed by atoms with van der Waals surface area (Å²) in [5.41, 5.74) is 6.20. The first-order valence-electron chi connectivity index (χ1n) is 7.93. The van der Waals surface area contributed by atoms with Crippen molar-refractivity contribution in [3.63, 3.8) is 0 Å². The van der Waals surface area contributed by atoms with E-state index >= 15 is 0 Å². The number of esters is 1. The molecule has 1 rings (SSSR count). The first-order chi connectivity index (χ1) is 10.6. The minimum atomic E-state index is -0.756. The smallest absolute Gasteiger partial charge is 0.329 e. The van der Waals surface area contributed by atoms with E-state index in [4.69, 9.17) is 10.5 Å².